The average Bonchev–Trinajstić information content (AvgIpc) is 3.23. The van der Waals surface area contributed by atoms with Crippen molar-refractivity contribution in [1.29, 1.82) is 0 Å². The molecule has 0 heterocycles. The van der Waals surface area contributed by atoms with E-state index in [0.29, 0.717) is 46.8 Å². The van der Waals surface area contributed by atoms with E-state index in [1.54, 1.807) is 36.4 Å². The molecule has 0 bridgehead atoms. The normalized spacial score (nSPS) is 17.6. The van der Waals surface area contributed by atoms with Crippen LogP contribution in [0.4, 0.5) is 17.6 Å². The van der Waals surface area contributed by atoms with Crippen molar-refractivity contribution >= 4 is 11.4 Å². The maximum Gasteiger partial charge on any atom is 0.176 e. The molecule has 33 heavy (non-hydrogen) atoms. The summed E-state index contributed by atoms with van der Waals surface area (Å²) in [6, 6.07) is 11.9. The maximum atomic E-state index is 14.5. The van der Waals surface area contributed by atoms with Crippen LogP contribution in [0, 0.1) is 29.2 Å². The van der Waals surface area contributed by atoms with Crippen LogP contribution in [0.3, 0.4) is 0 Å². The van der Waals surface area contributed by atoms with E-state index in [4.69, 9.17) is 9.47 Å². The lowest BCUT2D eigenvalue weighted by atomic mass is 9.82. The van der Waals surface area contributed by atoms with Gasteiger partial charge < -0.3 is 9.47 Å². The van der Waals surface area contributed by atoms with Crippen molar-refractivity contribution in [3.8, 4) is 11.5 Å². The second-order valence-electron chi connectivity index (χ2n) is 7.73. The molecule has 3 nitrogen and oxygen atoms in total. The van der Waals surface area contributed by atoms with Crippen molar-refractivity contribution in [2.24, 2.45) is 5.92 Å². The van der Waals surface area contributed by atoms with E-state index in [1.165, 1.54) is 26.4 Å². The number of hydrogen-bond donors (Lipinski definition) is 0. The van der Waals surface area contributed by atoms with Gasteiger partial charge in [-0.25, -0.2) is 17.6 Å². The fraction of sp³-hybridized carbons (Fsp3) is 0.192. The second-order valence-corrected chi connectivity index (χ2v) is 7.73. The largest absolute Gasteiger partial charge is 0.493 e. The molecule has 2 unspecified atom stereocenters. The summed E-state index contributed by atoms with van der Waals surface area (Å²) in [5.41, 5.74) is 1.21. The summed E-state index contributed by atoms with van der Waals surface area (Å²) in [7, 11) is 2.94. The van der Waals surface area contributed by atoms with Crippen LogP contribution < -0.4 is 9.47 Å². The fourth-order valence-electron chi connectivity index (χ4n) is 4.35. The summed E-state index contributed by atoms with van der Waals surface area (Å²) in [6.07, 6.45) is 1.96. The highest BCUT2D eigenvalue weighted by Crippen LogP contribution is 2.48. The van der Waals surface area contributed by atoms with E-state index in [1.807, 2.05) is 0 Å². The monoisotopic (exact) mass is 456 g/mol. The molecule has 0 saturated heterocycles. The van der Waals surface area contributed by atoms with Crippen LogP contribution in [0.5, 0.6) is 11.5 Å². The predicted octanol–water partition coefficient (Wildman–Crippen LogP) is 6.33. The lowest BCUT2D eigenvalue weighted by molar-refractivity contribution is 0.0925. The van der Waals surface area contributed by atoms with Gasteiger partial charge in [-0.2, -0.15) is 0 Å². The van der Waals surface area contributed by atoms with Crippen LogP contribution in [0.2, 0.25) is 0 Å². The lowest BCUT2D eigenvalue weighted by Crippen LogP contribution is -2.21. The molecule has 0 aromatic heterocycles. The number of carbonyl (C=O) groups is 1. The number of methoxy groups -OCH3 is 2. The summed E-state index contributed by atoms with van der Waals surface area (Å²) < 4.78 is 66.7. The van der Waals surface area contributed by atoms with E-state index in [0.717, 1.165) is 0 Å². The van der Waals surface area contributed by atoms with Crippen molar-refractivity contribution in [2.45, 2.75) is 12.3 Å². The maximum absolute atomic E-state index is 14.5. The molecular weight excluding hydrogens is 436 g/mol. The van der Waals surface area contributed by atoms with E-state index >= 15 is 0 Å². The van der Waals surface area contributed by atoms with Crippen molar-refractivity contribution in [1.82, 2.24) is 0 Å². The third-order valence-corrected chi connectivity index (χ3v) is 5.86. The van der Waals surface area contributed by atoms with E-state index < -0.39 is 46.5 Å². The molecule has 0 saturated carbocycles. The Hall–Kier alpha value is -3.61. The molecule has 1 aliphatic rings. The number of rotatable bonds is 6. The quantitative estimate of drug-likeness (QED) is 0.321. The van der Waals surface area contributed by atoms with Crippen molar-refractivity contribution < 1.29 is 31.8 Å². The van der Waals surface area contributed by atoms with Crippen molar-refractivity contribution in [3.05, 3.63) is 101 Å². The highest BCUT2D eigenvalue weighted by molar-refractivity contribution is 6.02. The average molecular weight is 456 g/mol. The van der Waals surface area contributed by atoms with Crippen LogP contribution in [0.15, 0.2) is 60.7 Å². The smallest absolute Gasteiger partial charge is 0.176 e. The molecule has 0 amide bonds. The highest BCUT2D eigenvalue weighted by Gasteiger charge is 2.39. The first kappa shape index (κ1) is 22.6. The van der Waals surface area contributed by atoms with E-state index in [-0.39, 0.29) is 0 Å². The van der Waals surface area contributed by atoms with Gasteiger partial charge in [0.15, 0.2) is 17.3 Å². The molecule has 1 aliphatic carbocycles. The summed E-state index contributed by atoms with van der Waals surface area (Å²) >= 11 is 0. The molecule has 3 aromatic carbocycles. The fourth-order valence-corrected chi connectivity index (χ4v) is 4.35. The van der Waals surface area contributed by atoms with Gasteiger partial charge in [0.1, 0.15) is 23.3 Å². The van der Waals surface area contributed by atoms with Gasteiger partial charge >= 0.3 is 0 Å². The number of para-hydroxylation sites is 1. The first-order valence-electron chi connectivity index (χ1n) is 10.2. The Labute approximate surface area is 188 Å². The van der Waals surface area contributed by atoms with Gasteiger partial charge in [-0.15, -0.1) is 0 Å². The molecule has 3 aromatic rings. The minimum atomic E-state index is -1.27. The van der Waals surface area contributed by atoms with Gasteiger partial charge in [0.2, 0.25) is 0 Å². The Kier molecular flexibility index (Phi) is 6.22. The van der Waals surface area contributed by atoms with Crippen molar-refractivity contribution in [3.63, 3.8) is 0 Å². The van der Waals surface area contributed by atoms with Crippen LogP contribution in [-0.2, 0) is 0 Å². The molecule has 4 rings (SSSR count). The van der Waals surface area contributed by atoms with Gasteiger partial charge in [-0.3, -0.25) is 4.79 Å². The third-order valence-electron chi connectivity index (χ3n) is 5.86. The number of halogens is 4. The Bertz CT molecular complexity index is 1210. The molecule has 0 spiro atoms. The van der Waals surface area contributed by atoms with Gasteiger partial charge in [-0.05, 0) is 35.8 Å². The standard InChI is InChI=1S/C26H20F4O3/c1-32-23-5-3-4-18(26(23)33-2)19-10-15(14-6-8-16(27)9-7-14)11-20(19)25(31)24-21(29)12-17(28)13-22(24)30/h3-9,11-13,19-20H,10H2,1-2H3. The number of carbonyl (C=O) groups excluding carboxylic acids is 1. The molecule has 0 fully saturated rings. The molecule has 0 N–H and O–H groups in total. The Morgan fingerprint density at radius 1 is 0.879 bits per heavy atom. The first-order valence-corrected chi connectivity index (χ1v) is 10.2. The molecule has 2 atom stereocenters. The van der Waals surface area contributed by atoms with E-state index in [9.17, 15) is 22.4 Å². The SMILES string of the molecule is COc1cccc(C2CC(c3ccc(F)cc3)=CC2C(=O)c2c(F)cc(F)cc2F)c1OC. The molecule has 7 heteroatoms. The van der Waals surface area contributed by atoms with Crippen LogP contribution in [0.1, 0.15) is 33.8 Å². The number of hydrogen-bond acceptors (Lipinski definition) is 3. The molecular formula is C26H20F4O3. The number of allylic oxidation sites excluding steroid dienone is 2. The lowest BCUT2D eigenvalue weighted by Gasteiger charge is -2.23. The topological polar surface area (TPSA) is 35.5 Å². The molecule has 170 valence electrons. The zero-order valence-electron chi connectivity index (χ0n) is 17.9. The highest BCUT2D eigenvalue weighted by atomic mass is 19.1. The Morgan fingerprint density at radius 2 is 1.55 bits per heavy atom. The third kappa shape index (κ3) is 4.23. The Balaban J connectivity index is 1.84. The van der Waals surface area contributed by atoms with E-state index in [2.05, 4.69) is 0 Å². The number of benzene rings is 3. The summed E-state index contributed by atoms with van der Waals surface area (Å²) in [5.74, 6) is -5.56. The minimum Gasteiger partial charge on any atom is -0.493 e. The summed E-state index contributed by atoms with van der Waals surface area (Å²) in [5, 5.41) is 0. The number of ketones is 1. The summed E-state index contributed by atoms with van der Waals surface area (Å²) in [4.78, 5) is 13.4. The zero-order chi connectivity index (χ0) is 23.7. The molecule has 0 aliphatic heterocycles. The Morgan fingerprint density at radius 3 is 2.15 bits per heavy atom. The minimum absolute atomic E-state index is 0.329. The number of Topliss-reactive ketones (excluding diaryl/α,β-unsaturated/α-hetero) is 1. The van der Waals surface area contributed by atoms with Gasteiger partial charge in [0.25, 0.3) is 0 Å². The second kappa shape index (κ2) is 9.10. The van der Waals surface area contributed by atoms with Gasteiger partial charge in [-0.1, -0.05) is 30.3 Å². The van der Waals surface area contributed by atoms with Crippen LogP contribution in [0.25, 0.3) is 5.57 Å². The number of ether oxygens (including phenoxy) is 2. The van der Waals surface area contributed by atoms with Crippen LogP contribution >= 0.6 is 0 Å². The summed E-state index contributed by atoms with van der Waals surface area (Å²) in [6.45, 7) is 0. The predicted molar refractivity (Wildman–Crippen MR) is 115 cm³/mol. The molecule has 0 radical (unpaired) electrons. The van der Waals surface area contributed by atoms with Gasteiger partial charge in [0, 0.05) is 29.5 Å². The van der Waals surface area contributed by atoms with Crippen molar-refractivity contribution in [2.75, 3.05) is 14.2 Å². The van der Waals surface area contributed by atoms with Gasteiger partial charge in [0.05, 0.1) is 19.8 Å². The van der Waals surface area contributed by atoms with Crippen LogP contribution in [-0.4, -0.2) is 20.0 Å². The first-order chi connectivity index (χ1) is 15.8. The zero-order valence-corrected chi connectivity index (χ0v) is 17.9.